The summed E-state index contributed by atoms with van der Waals surface area (Å²) < 4.78 is 5.26. The zero-order chi connectivity index (χ0) is 20.8. The van der Waals surface area contributed by atoms with E-state index in [1.807, 2.05) is 12.1 Å². The molecule has 29 heavy (non-hydrogen) atoms. The SMILES string of the molecule is COc1cccc(CN(C(=O)c2ccccc2O)C(C(N)=O)c2ccccc2)c1. The molecule has 148 valence electrons. The molecule has 0 aliphatic carbocycles. The van der Waals surface area contributed by atoms with Crippen molar-refractivity contribution in [2.45, 2.75) is 12.6 Å². The summed E-state index contributed by atoms with van der Waals surface area (Å²) >= 11 is 0. The first-order valence-corrected chi connectivity index (χ1v) is 9.07. The van der Waals surface area contributed by atoms with Crippen LogP contribution in [-0.2, 0) is 11.3 Å². The largest absolute Gasteiger partial charge is 0.507 e. The van der Waals surface area contributed by atoms with Gasteiger partial charge in [0.2, 0.25) is 5.91 Å². The van der Waals surface area contributed by atoms with Crippen molar-refractivity contribution in [2.75, 3.05) is 7.11 Å². The van der Waals surface area contributed by atoms with Gasteiger partial charge in [0.15, 0.2) is 0 Å². The smallest absolute Gasteiger partial charge is 0.258 e. The van der Waals surface area contributed by atoms with Crippen LogP contribution < -0.4 is 10.5 Å². The van der Waals surface area contributed by atoms with Crippen molar-refractivity contribution in [1.82, 2.24) is 4.90 Å². The zero-order valence-corrected chi connectivity index (χ0v) is 16.0. The van der Waals surface area contributed by atoms with E-state index >= 15 is 0 Å². The maximum atomic E-state index is 13.4. The zero-order valence-electron chi connectivity index (χ0n) is 16.0. The molecule has 3 aromatic carbocycles. The van der Waals surface area contributed by atoms with E-state index in [1.165, 1.54) is 17.0 Å². The van der Waals surface area contributed by atoms with E-state index in [2.05, 4.69) is 0 Å². The maximum Gasteiger partial charge on any atom is 0.258 e. The summed E-state index contributed by atoms with van der Waals surface area (Å²) in [5.41, 5.74) is 7.16. The summed E-state index contributed by atoms with van der Waals surface area (Å²) in [6, 6.07) is 21.3. The van der Waals surface area contributed by atoms with Crippen molar-refractivity contribution in [3.05, 3.63) is 95.6 Å². The van der Waals surface area contributed by atoms with Gasteiger partial charge >= 0.3 is 0 Å². The van der Waals surface area contributed by atoms with Crippen LogP contribution in [0.3, 0.4) is 0 Å². The molecule has 0 aliphatic heterocycles. The average Bonchev–Trinajstić information content (AvgIpc) is 2.74. The Balaban J connectivity index is 2.08. The number of methoxy groups -OCH3 is 1. The summed E-state index contributed by atoms with van der Waals surface area (Å²) in [6.07, 6.45) is 0. The van der Waals surface area contributed by atoms with Crippen molar-refractivity contribution in [2.24, 2.45) is 5.73 Å². The van der Waals surface area contributed by atoms with E-state index in [0.29, 0.717) is 11.3 Å². The summed E-state index contributed by atoms with van der Waals surface area (Å²) in [6.45, 7) is 0.104. The molecule has 0 heterocycles. The summed E-state index contributed by atoms with van der Waals surface area (Å²) in [4.78, 5) is 27.1. The molecule has 0 bridgehead atoms. The minimum absolute atomic E-state index is 0.0950. The number of hydrogen-bond donors (Lipinski definition) is 2. The molecule has 3 rings (SSSR count). The second kappa shape index (κ2) is 8.93. The van der Waals surface area contributed by atoms with E-state index in [-0.39, 0.29) is 17.9 Å². The van der Waals surface area contributed by atoms with Gasteiger partial charge < -0.3 is 20.5 Å². The fourth-order valence-corrected chi connectivity index (χ4v) is 3.19. The Morgan fingerprint density at radius 1 is 1.00 bits per heavy atom. The van der Waals surface area contributed by atoms with Crippen molar-refractivity contribution >= 4 is 11.8 Å². The molecule has 0 spiro atoms. The molecular weight excluding hydrogens is 368 g/mol. The molecule has 3 aromatic rings. The molecule has 0 saturated heterocycles. The lowest BCUT2D eigenvalue weighted by atomic mass is 10.0. The molecule has 0 aromatic heterocycles. The van der Waals surface area contributed by atoms with Crippen LogP contribution in [-0.4, -0.2) is 28.9 Å². The van der Waals surface area contributed by atoms with Crippen LogP contribution in [0.1, 0.15) is 27.5 Å². The van der Waals surface area contributed by atoms with E-state index in [4.69, 9.17) is 10.5 Å². The number of rotatable bonds is 7. The maximum absolute atomic E-state index is 13.4. The first kappa shape index (κ1) is 19.9. The van der Waals surface area contributed by atoms with E-state index < -0.39 is 17.9 Å². The number of phenols is 1. The molecule has 6 nitrogen and oxygen atoms in total. The lowest BCUT2D eigenvalue weighted by Crippen LogP contribution is -2.41. The van der Waals surface area contributed by atoms with Crippen LogP contribution in [0.15, 0.2) is 78.9 Å². The van der Waals surface area contributed by atoms with Crippen molar-refractivity contribution in [3.63, 3.8) is 0 Å². The number of phenolic OH excluding ortho intramolecular Hbond substituents is 1. The second-order valence-corrected chi connectivity index (χ2v) is 6.52. The first-order chi connectivity index (χ1) is 14.0. The van der Waals surface area contributed by atoms with Gasteiger partial charge in [-0.25, -0.2) is 0 Å². The Hall–Kier alpha value is -3.80. The van der Waals surface area contributed by atoms with Gasteiger partial charge in [-0.3, -0.25) is 9.59 Å². The number of aromatic hydroxyl groups is 1. The van der Waals surface area contributed by atoms with Crippen molar-refractivity contribution < 1.29 is 19.4 Å². The Morgan fingerprint density at radius 3 is 2.34 bits per heavy atom. The normalized spacial score (nSPS) is 11.5. The average molecular weight is 390 g/mol. The lowest BCUT2D eigenvalue weighted by Gasteiger charge is -2.30. The number of para-hydroxylation sites is 1. The highest BCUT2D eigenvalue weighted by molar-refractivity contribution is 5.99. The third kappa shape index (κ3) is 4.55. The number of amides is 2. The van der Waals surface area contributed by atoms with Gasteiger partial charge in [-0.15, -0.1) is 0 Å². The Morgan fingerprint density at radius 2 is 1.69 bits per heavy atom. The topological polar surface area (TPSA) is 92.9 Å². The van der Waals surface area contributed by atoms with E-state index in [0.717, 1.165) is 5.56 Å². The number of ether oxygens (including phenoxy) is 1. The van der Waals surface area contributed by atoms with Crippen LogP contribution in [0.4, 0.5) is 0 Å². The number of carbonyl (C=O) groups is 2. The Labute approximate surface area is 169 Å². The first-order valence-electron chi connectivity index (χ1n) is 9.07. The third-order valence-corrected chi connectivity index (χ3v) is 4.58. The summed E-state index contributed by atoms with van der Waals surface area (Å²) in [7, 11) is 1.56. The van der Waals surface area contributed by atoms with Crippen molar-refractivity contribution in [3.8, 4) is 11.5 Å². The molecule has 6 heteroatoms. The van der Waals surface area contributed by atoms with Crippen LogP contribution in [0, 0.1) is 0 Å². The summed E-state index contributed by atoms with van der Waals surface area (Å²) in [5.74, 6) is -0.696. The number of hydrogen-bond acceptors (Lipinski definition) is 4. The minimum Gasteiger partial charge on any atom is -0.507 e. The van der Waals surface area contributed by atoms with Gasteiger partial charge in [-0.1, -0.05) is 54.6 Å². The fraction of sp³-hybridized carbons (Fsp3) is 0.130. The quantitative estimate of drug-likeness (QED) is 0.648. The van der Waals surface area contributed by atoms with Gasteiger partial charge in [-0.05, 0) is 35.4 Å². The predicted molar refractivity (Wildman–Crippen MR) is 109 cm³/mol. The highest BCUT2D eigenvalue weighted by Gasteiger charge is 2.31. The van der Waals surface area contributed by atoms with Gasteiger partial charge in [0.05, 0.1) is 12.7 Å². The monoisotopic (exact) mass is 390 g/mol. The highest BCUT2D eigenvalue weighted by Crippen LogP contribution is 2.28. The summed E-state index contributed by atoms with van der Waals surface area (Å²) in [5, 5.41) is 10.2. The number of nitrogens with zero attached hydrogens (tertiary/aromatic N) is 1. The Kier molecular flexibility index (Phi) is 6.14. The predicted octanol–water partition coefficient (Wildman–Crippen LogP) is 3.27. The molecule has 1 unspecified atom stereocenters. The number of benzene rings is 3. The van der Waals surface area contributed by atoms with Gasteiger partial charge in [-0.2, -0.15) is 0 Å². The molecule has 2 amide bonds. The number of carbonyl (C=O) groups excluding carboxylic acids is 2. The molecule has 0 saturated carbocycles. The second-order valence-electron chi connectivity index (χ2n) is 6.52. The third-order valence-electron chi connectivity index (χ3n) is 4.58. The van der Waals surface area contributed by atoms with Crippen LogP contribution in [0.5, 0.6) is 11.5 Å². The van der Waals surface area contributed by atoms with Crippen molar-refractivity contribution in [1.29, 1.82) is 0 Å². The molecular formula is C23H22N2O4. The molecule has 0 aliphatic rings. The van der Waals surface area contributed by atoms with E-state index in [9.17, 15) is 14.7 Å². The van der Waals surface area contributed by atoms with Crippen LogP contribution in [0.2, 0.25) is 0 Å². The highest BCUT2D eigenvalue weighted by atomic mass is 16.5. The molecule has 0 fully saturated rings. The lowest BCUT2D eigenvalue weighted by molar-refractivity contribution is -0.122. The van der Waals surface area contributed by atoms with Gasteiger partial charge in [0, 0.05) is 6.54 Å². The fourth-order valence-electron chi connectivity index (χ4n) is 3.19. The molecule has 0 radical (unpaired) electrons. The Bertz CT molecular complexity index is 1000. The van der Waals surface area contributed by atoms with Gasteiger partial charge in [0.1, 0.15) is 17.5 Å². The number of nitrogens with two attached hydrogens (primary N) is 1. The minimum atomic E-state index is -1.01. The van der Waals surface area contributed by atoms with Crippen LogP contribution >= 0.6 is 0 Å². The van der Waals surface area contributed by atoms with Gasteiger partial charge in [0.25, 0.3) is 5.91 Å². The standard InChI is InChI=1S/C23H22N2O4/c1-29-18-11-7-8-16(14-18)15-25(23(28)19-12-5-6-13-20(19)26)21(22(24)27)17-9-3-2-4-10-17/h2-14,21,26H,15H2,1H3,(H2,24,27). The molecule has 1 atom stereocenters. The van der Waals surface area contributed by atoms with Crippen LogP contribution in [0.25, 0.3) is 0 Å². The molecule has 3 N–H and O–H groups in total. The van der Waals surface area contributed by atoms with E-state index in [1.54, 1.807) is 61.7 Å². The number of primary amides is 1.